The molecule has 4 nitrogen and oxygen atoms in total. The number of halogens is 6. The molecule has 3 rings (SSSR count). The number of nitrogens with one attached hydrogen (secondary N) is 1. The van der Waals surface area contributed by atoms with Crippen LogP contribution in [0.4, 0.5) is 26.3 Å². The summed E-state index contributed by atoms with van der Waals surface area (Å²) >= 11 is 1.10. The molecule has 0 saturated carbocycles. The summed E-state index contributed by atoms with van der Waals surface area (Å²) in [6.07, 6.45) is -7.71. The Bertz CT molecular complexity index is 1280. The summed E-state index contributed by atoms with van der Waals surface area (Å²) in [5.41, 5.74) is -2.00. The lowest BCUT2D eigenvalue weighted by molar-refractivity contribution is -0.162. The van der Waals surface area contributed by atoms with Gasteiger partial charge in [-0.05, 0) is 37.6 Å². The summed E-state index contributed by atoms with van der Waals surface area (Å²) in [6.45, 7) is 4.65. The van der Waals surface area contributed by atoms with Gasteiger partial charge < -0.3 is 10.2 Å². The van der Waals surface area contributed by atoms with Crippen molar-refractivity contribution < 1.29 is 35.9 Å². The van der Waals surface area contributed by atoms with Crippen LogP contribution >= 0.6 is 11.3 Å². The lowest BCUT2D eigenvalue weighted by Gasteiger charge is -2.22. The second-order valence-electron chi connectivity index (χ2n) is 7.76. The van der Waals surface area contributed by atoms with E-state index in [0.717, 1.165) is 29.5 Å². The van der Waals surface area contributed by atoms with Gasteiger partial charge in [0.15, 0.2) is 6.04 Å². The number of fused-ring (bicyclic) bond motifs is 1. The first-order valence-corrected chi connectivity index (χ1v) is 11.7. The minimum absolute atomic E-state index is 0.202. The molecule has 0 aliphatic rings. The SMILES string of the molecule is CCN(CC)C(=O)c1sc(/C=C/C(=O)NC(c2cccc(C(F)(F)F)c2)C(F)(F)F)c2ccccc12. The van der Waals surface area contributed by atoms with Gasteiger partial charge in [-0.3, -0.25) is 9.59 Å². The van der Waals surface area contributed by atoms with Crippen LogP contribution in [0.3, 0.4) is 0 Å². The Morgan fingerprint density at radius 3 is 2.19 bits per heavy atom. The number of hydrogen-bond donors (Lipinski definition) is 1. The Morgan fingerprint density at radius 1 is 0.972 bits per heavy atom. The number of benzene rings is 2. The molecule has 2 aromatic carbocycles. The highest BCUT2D eigenvalue weighted by Crippen LogP contribution is 2.37. The Hall–Kier alpha value is -3.34. The van der Waals surface area contributed by atoms with Gasteiger partial charge in [-0.25, -0.2) is 0 Å². The molecule has 1 N–H and O–H groups in total. The summed E-state index contributed by atoms with van der Waals surface area (Å²) in [5, 5.41) is 3.04. The van der Waals surface area contributed by atoms with Crippen molar-refractivity contribution in [3.63, 3.8) is 0 Å². The molecular weight excluding hydrogens is 506 g/mol. The lowest BCUT2D eigenvalue weighted by atomic mass is 10.0. The van der Waals surface area contributed by atoms with Crippen molar-refractivity contribution in [2.45, 2.75) is 32.2 Å². The van der Waals surface area contributed by atoms with E-state index in [2.05, 4.69) is 0 Å². The van der Waals surface area contributed by atoms with Crippen LogP contribution in [0.2, 0.25) is 0 Å². The van der Waals surface area contributed by atoms with Crippen molar-refractivity contribution in [1.82, 2.24) is 10.2 Å². The van der Waals surface area contributed by atoms with Crippen molar-refractivity contribution in [2.75, 3.05) is 13.1 Å². The Labute approximate surface area is 207 Å². The van der Waals surface area contributed by atoms with Gasteiger partial charge in [-0.2, -0.15) is 26.3 Å². The van der Waals surface area contributed by atoms with Crippen LogP contribution in [0, 0.1) is 0 Å². The van der Waals surface area contributed by atoms with E-state index in [0.29, 0.717) is 45.7 Å². The highest BCUT2D eigenvalue weighted by molar-refractivity contribution is 7.16. The molecule has 11 heteroatoms. The van der Waals surface area contributed by atoms with Crippen LogP contribution in [0.1, 0.15) is 45.6 Å². The highest BCUT2D eigenvalue weighted by atomic mass is 32.1. The maximum atomic E-state index is 13.6. The zero-order valence-corrected chi connectivity index (χ0v) is 20.0. The summed E-state index contributed by atoms with van der Waals surface area (Å²) in [5.74, 6) is -1.35. The van der Waals surface area contributed by atoms with Gasteiger partial charge in [0.25, 0.3) is 5.91 Å². The molecule has 3 aromatic rings. The van der Waals surface area contributed by atoms with Crippen LogP contribution in [-0.2, 0) is 11.0 Å². The van der Waals surface area contributed by atoms with Gasteiger partial charge >= 0.3 is 12.4 Å². The average molecular weight is 529 g/mol. The Morgan fingerprint density at radius 2 is 1.61 bits per heavy atom. The van der Waals surface area contributed by atoms with Gasteiger partial charge in [0.05, 0.1) is 5.56 Å². The second-order valence-corrected chi connectivity index (χ2v) is 8.81. The van der Waals surface area contributed by atoms with Crippen LogP contribution in [0.25, 0.3) is 16.8 Å². The molecule has 0 fully saturated rings. The summed E-state index contributed by atoms with van der Waals surface area (Å²) in [7, 11) is 0. The van der Waals surface area contributed by atoms with Gasteiger partial charge in [-0.1, -0.05) is 36.4 Å². The van der Waals surface area contributed by atoms with Gasteiger partial charge in [-0.15, -0.1) is 11.3 Å². The van der Waals surface area contributed by atoms with Crippen LogP contribution in [0.15, 0.2) is 54.6 Å². The predicted octanol–water partition coefficient (Wildman–Crippen LogP) is 6.84. The van der Waals surface area contributed by atoms with E-state index < -0.39 is 35.4 Å². The molecule has 2 amide bonds. The number of nitrogens with zero attached hydrogens (tertiary/aromatic N) is 1. The fraction of sp³-hybridized carbons (Fsp3) is 0.280. The van der Waals surface area contributed by atoms with Crippen molar-refractivity contribution >= 4 is 40.0 Å². The number of rotatable bonds is 7. The van der Waals surface area contributed by atoms with Crippen molar-refractivity contribution in [1.29, 1.82) is 0 Å². The molecule has 1 unspecified atom stereocenters. The number of amides is 2. The first-order chi connectivity index (χ1) is 16.9. The molecule has 1 atom stereocenters. The highest BCUT2D eigenvalue weighted by Gasteiger charge is 2.42. The molecule has 0 aliphatic heterocycles. The maximum absolute atomic E-state index is 13.6. The zero-order chi connectivity index (χ0) is 26.7. The van der Waals surface area contributed by atoms with Gasteiger partial charge in [0.2, 0.25) is 5.91 Å². The Kier molecular flexibility index (Phi) is 8.12. The standard InChI is InChI=1S/C25H22F6N2O2S/c1-3-33(4-2)23(35)21-18-11-6-5-10-17(18)19(36-21)12-13-20(34)32-22(25(29,30)31)15-8-7-9-16(14-15)24(26,27)28/h5-14,22H,3-4H2,1-2H3,(H,32,34)/b13-12+. The molecule has 192 valence electrons. The third kappa shape index (κ3) is 6.07. The fourth-order valence-electron chi connectivity index (χ4n) is 3.64. The van der Waals surface area contributed by atoms with E-state index in [1.165, 1.54) is 6.08 Å². The number of hydrogen-bond acceptors (Lipinski definition) is 3. The number of carbonyl (C=O) groups excluding carboxylic acids is 2. The molecule has 0 aliphatic carbocycles. The third-order valence-electron chi connectivity index (χ3n) is 5.44. The third-order valence-corrected chi connectivity index (χ3v) is 6.62. The van der Waals surface area contributed by atoms with Crippen LogP contribution < -0.4 is 5.32 Å². The number of alkyl halides is 6. The van der Waals surface area contributed by atoms with E-state index in [4.69, 9.17) is 0 Å². The molecule has 0 bridgehead atoms. The molecule has 0 spiro atoms. The second kappa shape index (κ2) is 10.7. The van der Waals surface area contributed by atoms with Crippen LogP contribution in [0.5, 0.6) is 0 Å². The van der Waals surface area contributed by atoms with Crippen molar-refractivity contribution in [3.8, 4) is 0 Å². The van der Waals surface area contributed by atoms with E-state index in [1.807, 2.05) is 13.8 Å². The summed E-state index contributed by atoms with van der Waals surface area (Å²) in [6, 6.07) is 7.04. The molecule has 0 radical (unpaired) electrons. The lowest BCUT2D eigenvalue weighted by Crippen LogP contribution is -2.37. The van der Waals surface area contributed by atoms with Crippen molar-refractivity contribution in [2.24, 2.45) is 0 Å². The van der Waals surface area contributed by atoms with E-state index in [9.17, 15) is 35.9 Å². The fourth-order valence-corrected chi connectivity index (χ4v) is 4.79. The average Bonchev–Trinajstić information content (AvgIpc) is 3.19. The molecule has 0 saturated heterocycles. The quantitative estimate of drug-likeness (QED) is 0.270. The first-order valence-electron chi connectivity index (χ1n) is 10.9. The Balaban J connectivity index is 1.90. The topological polar surface area (TPSA) is 49.4 Å². The van der Waals surface area contributed by atoms with E-state index >= 15 is 0 Å². The van der Waals surface area contributed by atoms with Gasteiger partial charge in [0.1, 0.15) is 4.88 Å². The van der Waals surface area contributed by atoms with Crippen LogP contribution in [-0.4, -0.2) is 36.0 Å². The smallest absolute Gasteiger partial charge is 0.338 e. The van der Waals surface area contributed by atoms with Gasteiger partial charge in [0, 0.05) is 34.8 Å². The maximum Gasteiger partial charge on any atom is 0.416 e. The monoisotopic (exact) mass is 528 g/mol. The molecule has 36 heavy (non-hydrogen) atoms. The number of carbonyl (C=O) groups is 2. The van der Waals surface area contributed by atoms with Crippen molar-refractivity contribution in [3.05, 3.63) is 75.5 Å². The predicted molar refractivity (Wildman–Crippen MR) is 126 cm³/mol. The van der Waals surface area contributed by atoms with E-state index in [1.54, 1.807) is 34.5 Å². The van der Waals surface area contributed by atoms with E-state index in [-0.39, 0.29) is 5.91 Å². The molecular formula is C25H22F6N2O2S. The zero-order valence-electron chi connectivity index (χ0n) is 19.2. The normalized spacial score (nSPS) is 13.2. The summed E-state index contributed by atoms with van der Waals surface area (Å²) < 4.78 is 79.8. The number of thiophene rings is 1. The molecule has 1 aromatic heterocycles. The largest absolute Gasteiger partial charge is 0.416 e. The molecule has 1 heterocycles. The summed E-state index contributed by atoms with van der Waals surface area (Å²) in [4.78, 5) is 27.9. The first kappa shape index (κ1) is 27.3. The minimum Gasteiger partial charge on any atom is -0.338 e. The minimum atomic E-state index is -5.04.